The van der Waals surface area contributed by atoms with Gasteiger partial charge in [-0.15, -0.1) is 0 Å². The highest BCUT2D eigenvalue weighted by Crippen LogP contribution is 2.32. The lowest BCUT2D eigenvalue weighted by molar-refractivity contribution is -0.127. The molecule has 1 heterocycles. The highest BCUT2D eigenvalue weighted by Gasteiger charge is 2.32. The van der Waals surface area contributed by atoms with Crippen molar-refractivity contribution in [2.45, 2.75) is 67.3 Å². The lowest BCUT2D eigenvalue weighted by atomic mass is 9.81. The van der Waals surface area contributed by atoms with Gasteiger partial charge in [-0.25, -0.2) is 0 Å². The van der Waals surface area contributed by atoms with Gasteiger partial charge in [-0.1, -0.05) is 54.4 Å². The fourth-order valence-electron chi connectivity index (χ4n) is 2.99. The first-order chi connectivity index (χ1) is 12.5. The quantitative estimate of drug-likeness (QED) is 0.608. The van der Waals surface area contributed by atoms with Crippen LogP contribution < -0.4 is 4.74 Å². The number of Topliss-reactive ketones (excluding diaryl/α,β-unsaturated/α-hetero) is 2. The molecule has 2 rings (SSSR count). The van der Waals surface area contributed by atoms with Gasteiger partial charge in [-0.2, -0.15) is 5.10 Å². The number of aromatic nitrogens is 2. The summed E-state index contributed by atoms with van der Waals surface area (Å²) in [4.78, 5) is 25.8. The summed E-state index contributed by atoms with van der Waals surface area (Å²) < 4.78 is 6.98. The number of ketones is 2. The first-order valence-corrected chi connectivity index (χ1v) is 9.64. The van der Waals surface area contributed by atoms with Crippen LogP contribution in [0.1, 0.15) is 71.3 Å². The Hall–Kier alpha value is -2.17. The van der Waals surface area contributed by atoms with Crippen molar-refractivity contribution in [2.75, 3.05) is 7.11 Å². The molecule has 0 aliphatic rings. The number of hydrogen-bond donors (Lipinski definition) is 0. The number of fused-ring (bicyclic) bond motifs is 1. The van der Waals surface area contributed by atoms with Gasteiger partial charge in [0.25, 0.3) is 0 Å². The van der Waals surface area contributed by atoms with Gasteiger partial charge in [0.1, 0.15) is 18.0 Å². The van der Waals surface area contributed by atoms with Crippen LogP contribution in [0.25, 0.3) is 10.9 Å². The van der Waals surface area contributed by atoms with E-state index in [1.807, 2.05) is 52.8 Å². The Labute approximate surface area is 162 Å². The fourth-order valence-corrected chi connectivity index (χ4v) is 2.99. The third kappa shape index (κ3) is 4.57. The zero-order chi connectivity index (χ0) is 20.4. The van der Waals surface area contributed by atoms with Gasteiger partial charge in [0.15, 0.2) is 11.6 Å². The second-order valence-corrected chi connectivity index (χ2v) is 8.88. The minimum absolute atomic E-state index is 0.0214. The number of carbonyl (C=O) groups excluding carboxylic acids is 2. The molecule has 0 unspecified atom stereocenters. The summed E-state index contributed by atoms with van der Waals surface area (Å²) in [6.07, 6.45) is 2.85. The van der Waals surface area contributed by atoms with Crippen LogP contribution in [-0.2, 0) is 11.3 Å². The molecule has 5 heteroatoms. The van der Waals surface area contributed by atoms with E-state index in [4.69, 9.17) is 4.74 Å². The van der Waals surface area contributed by atoms with Crippen molar-refractivity contribution in [3.8, 4) is 5.75 Å². The molecule has 27 heavy (non-hydrogen) atoms. The first kappa shape index (κ1) is 21.1. The van der Waals surface area contributed by atoms with Gasteiger partial charge in [-0.3, -0.25) is 14.3 Å². The van der Waals surface area contributed by atoms with Crippen molar-refractivity contribution in [3.63, 3.8) is 0 Å². The zero-order valence-corrected chi connectivity index (χ0v) is 17.7. The van der Waals surface area contributed by atoms with E-state index in [-0.39, 0.29) is 18.1 Å². The van der Waals surface area contributed by atoms with Gasteiger partial charge in [-0.05, 0) is 18.6 Å². The highest BCUT2D eigenvalue weighted by atomic mass is 16.5. The van der Waals surface area contributed by atoms with Gasteiger partial charge in [0.2, 0.25) is 0 Å². The van der Waals surface area contributed by atoms with Crippen LogP contribution >= 0.6 is 0 Å². The lowest BCUT2D eigenvalue weighted by Crippen LogP contribution is -2.27. The monoisotopic (exact) mass is 372 g/mol. The Bertz CT molecular complexity index is 841. The van der Waals surface area contributed by atoms with E-state index in [0.29, 0.717) is 11.4 Å². The maximum absolute atomic E-state index is 13.2. The summed E-state index contributed by atoms with van der Waals surface area (Å²) in [6.45, 7) is 11.9. The maximum atomic E-state index is 13.2. The standard InChI is InChI=1S/C22H32N2O3/c1-8-9-12-22(5,6)20(26)19-16-11-10-15(27-7)13-17(16)24(23-19)14-18(25)21(2,3)4/h10-11,13H,8-9,12,14H2,1-7H3. The molecular weight excluding hydrogens is 340 g/mol. The molecule has 0 fully saturated rings. The normalized spacial score (nSPS) is 12.4. The highest BCUT2D eigenvalue weighted by molar-refractivity contribution is 6.09. The molecule has 0 amide bonds. The van der Waals surface area contributed by atoms with Crippen molar-refractivity contribution in [3.05, 3.63) is 23.9 Å². The average molecular weight is 373 g/mol. The van der Waals surface area contributed by atoms with Crippen molar-refractivity contribution in [2.24, 2.45) is 10.8 Å². The summed E-state index contributed by atoms with van der Waals surface area (Å²) in [6, 6.07) is 5.53. The molecule has 0 N–H and O–H groups in total. The molecule has 1 aromatic carbocycles. The van der Waals surface area contributed by atoms with E-state index in [0.717, 1.165) is 30.2 Å². The Morgan fingerprint density at radius 2 is 1.81 bits per heavy atom. The third-order valence-corrected chi connectivity index (χ3v) is 5.07. The van der Waals surface area contributed by atoms with Crippen LogP contribution in [0.5, 0.6) is 5.75 Å². The van der Waals surface area contributed by atoms with Crippen molar-refractivity contribution < 1.29 is 14.3 Å². The zero-order valence-electron chi connectivity index (χ0n) is 17.7. The average Bonchev–Trinajstić information content (AvgIpc) is 2.96. The maximum Gasteiger partial charge on any atom is 0.189 e. The Balaban J connectivity index is 2.54. The topological polar surface area (TPSA) is 61.2 Å². The SMILES string of the molecule is CCCCC(C)(C)C(=O)c1nn(CC(=O)C(C)(C)C)c2cc(OC)ccc12. The molecule has 0 bridgehead atoms. The number of ether oxygens (including phenoxy) is 1. The second-order valence-electron chi connectivity index (χ2n) is 8.88. The van der Waals surface area contributed by atoms with E-state index in [1.165, 1.54) is 0 Å². The van der Waals surface area contributed by atoms with Gasteiger partial charge in [0.05, 0.1) is 12.6 Å². The van der Waals surface area contributed by atoms with Crippen LogP contribution in [-0.4, -0.2) is 28.5 Å². The Morgan fingerprint density at radius 1 is 1.15 bits per heavy atom. The van der Waals surface area contributed by atoms with E-state index < -0.39 is 10.8 Å². The van der Waals surface area contributed by atoms with Crippen LogP contribution in [0, 0.1) is 10.8 Å². The second kappa shape index (κ2) is 7.83. The van der Waals surface area contributed by atoms with E-state index >= 15 is 0 Å². The summed E-state index contributed by atoms with van der Waals surface area (Å²) in [5.74, 6) is 0.767. The molecule has 0 aliphatic heterocycles. The lowest BCUT2D eigenvalue weighted by Gasteiger charge is -2.21. The smallest absolute Gasteiger partial charge is 0.189 e. The van der Waals surface area contributed by atoms with Crippen LogP contribution in [0.15, 0.2) is 18.2 Å². The van der Waals surface area contributed by atoms with Crippen molar-refractivity contribution in [1.29, 1.82) is 0 Å². The molecule has 5 nitrogen and oxygen atoms in total. The largest absolute Gasteiger partial charge is 0.497 e. The fraction of sp³-hybridized carbons (Fsp3) is 0.591. The van der Waals surface area contributed by atoms with Crippen molar-refractivity contribution in [1.82, 2.24) is 9.78 Å². The molecule has 148 valence electrons. The van der Waals surface area contributed by atoms with Gasteiger partial charge < -0.3 is 4.74 Å². The number of hydrogen-bond acceptors (Lipinski definition) is 4. The predicted molar refractivity (Wildman–Crippen MR) is 108 cm³/mol. The van der Waals surface area contributed by atoms with Crippen molar-refractivity contribution >= 4 is 22.5 Å². The molecule has 2 aromatic rings. The molecule has 1 aromatic heterocycles. The summed E-state index contributed by atoms with van der Waals surface area (Å²) in [5, 5.41) is 5.35. The predicted octanol–water partition coefficient (Wildman–Crippen LogP) is 5.06. The summed E-state index contributed by atoms with van der Waals surface area (Å²) in [5.41, 5.74) is 0.231. The number of benzene rings is 1. The van der Waals surface area contributed by atoms with Crippen LogP contribution in [0.2, 0.25) is 0 Å². The molecular formula is C22H32N2O3. The Morgan fingerprint density at radius 3 is 2.37 bits per heavy atom. The number of nitrogens with zero attached hydrogens (tertiary/aromatic N) is 2. The van der Waals surface area contributed by atoms with E-state index in [1.54, 1.807) is 11.8 Å². The van der Waals surface area contributed by atoms with Gasteiger partial charge >= 0.3 is 0 Å². The van der Waals surface area contributed by atoms with E-state index in [9.17, 15) is 9.59 Å². The summed E-state index contributed by atoms with van der Waals surface area (Å²) >= 11 is 0. The number of carbonyl (C=O) groups is 2. The Kier molecular flexibility index (Phi) is 6.13. The summed E-state index contributed by atoms with van der Waals surface area (Å²) in [7, 11) is 1.60. The molecule has 0 aliphatic carbocycles. The third-order valence-electron chi connectivity index (χ3n) is 5.07. The number of unbranched alkanes of at least 4 members (excludes halogenated alkanes) is 1. The minimum Gasteiger partial charge on any atom is -0.497 e. The first-order valence-electron chi connectivity index (χ1n) is 9.64. The number of methoxy groups -OCH3 is 1. The minimum atomic E-state index is -0.490. The molecule has 0 atom stereocenters. The van der Waals surface area contributed by atoms with Crippen LogP contribution in [0.4, 0.5) is 0 Å². The number of rotatable bonds is 8. The molecule has 0 saturated carbocycles. The molecule has 0 spiro atoms. The molecule has 0 saturated heterocycles. The van der Waals surface area contributed by atoms with Gasteiger partial charge in [0, 0.05) is 22.3 Å². The molecule has 0 radical (unpaired) electrons. The van der Waals surface area contributed by atoms with E-state index in [2.05, 4.69) is 12.0 Å². The van der Waals surface area contributed by atoms with Crippen LogP contribution in [0.3, 0.4) is 0 Å².